The molecule has 1 saturated heterocycles. The molecule has 4 rings (SSSR count). The van der Waals surface area contributed by atoms with Gasteiger partial charge in [0.15, 0.2) is 0 Å². The number of rotatable bonds is 8. The van der Waals surface area contributed by atoms with Crippen LogP contribution >= 0.6 is 11.6 Å². The first-order valence-corrected chi connectivity index (χ1v) is 12.4. The predicted octanol–water partition coefficient (Wildman–Crippen LogP) is 5.98. The lowest BCUT2D eigenvalue weighted by atomic mass is 9.82. The molecular formula is C28H32ClN3O3. The lowest BCUT2D eigenvalue weighted by molar-refractivity contribution is -0.136. The minimum atomic E-state index is -0.860. The van der Waals surface area contributed by atoms with Crippen LogP contribution in [0.25, 0.3) is 11.3 Å². The smallest absolute Gasteiger partial charge is 0.307 e. The van der Waals surface area contributed by atoms with Crippen molar-refractivity contribution in [2.45, 2.75) is 46.5 Å². The Morgan fingerprint density at radius 2 is 1.86 bits per heavy atom. The third kappa shape index (κ3) is 6.12. The van der Waals surface area contributed by atoms with Crippen LogP contribution < -0.4 is 9.64 Å². The summed E-state index contributed by atoms with van der Waals surface area (Å²) in [6.07, 6.45) is 6.26. The first kappa shape index (κ1) is 25.0. The Bertz CT molecular complexity index is 1180. The van der Waals surface area contributed by atoms with Gasteiger partial charge in [0.2, 0.25) is 0 Å². The van der Waals surface area contributed by atoms with Gasteiger partial charge in [-0.05, 0) is 48.9 Å². The van der Waals surface area contributed by atoms with Crippen LogP contribution in [-0.2, 0) is 17.6 Å². The molecule has 1 N–H and O–H groups in total. The average Bonchev–Trinajstić information content (AvgIpc) is 2.82. The van der Waals surface area contributed by atoms with E-state index in [0.717, 1.165) is 64.7 Å². The summed E-state index contributed by atoms with van der Waals surface area (Å²) in [5, 5.41) is 10.3. The Labute approximate surface area is 211 Å². The largest absolute Gasteiger partial charge is 0.492 e. The van der Waals surface area contributed by atoms with Gasteiger partial charge in [0, 0.05) is 47.6 Å². The number of nitrogens with zero attached hydrogens (tertiary/aromatic N) is 3. The van der Waals surface area contributed by atoms with E-state index in [-0.39, 0.29) is 11.8 Å². The van der Waals surface area contributed by atoms with Crippen molar-refractivity contribution in [1.82, 2.24) is 9.97 Å². The van der Waals surface area contributed by atoms with Gasteiger partial charge in [-0.3, -0.25) is 14.8 Å². The zero-order chi connectivity index (χ0) is 25.0. The Morgan fingerprint density at radius 1 is 1.11 bits per heavy atom. The van der Waals surface area contributed by atoms with E-state index in [9.17, 15) is 9.90 Å². The summed E-state index contributed by atoms with van der Waals surface area (Å²) in [6, 6.07) is 11.6. The number of halogens is 1. The molecule has 2 aromatic heterocycles. The van der Waals surface area contributed by atoms with Crippen molar-refractivity contribution in [2.75, 3.05) is 24.6 Å². The standard InChI is InChI=1S/C28H32ClN3O3/c1-19-22(16-26(33)34)27(32-13-11-28(2,3)12-14-32)23(18-30-19)25-9-8-21(17-31-25)35-15-10-20-6-4-5-7-24(20)29/h4-9,17-18H,10-16H2,1-3H3,(H,33,34). The number of hydrogen-bond donors (Lipinski definition) is 1. The summed E-state index contributed by atoms with van der Waals surface area (Å²) in [7, 11) is 0. The molecule has 1 aliphatic rings. The third-order valence-corrected chi connectivity index (χ3v) is 7.11. The normalized spacial score (nSPS) is 15.1. The van der Waals surface area contributed by atoms with Crippen LogP contribution in [0.15, 0.2) is 48.8 Å². The minimum absolute atomic E-state index is 0.0643. The third-order valence-electron chi connectivity index (χ3n) is 6.74. The summed E-state index contributed by atoms with van der Waals surface area (Å²) in [5.41, 5.74) is 5.39. The second kappa shape index (κ2) is 10.6. The van der Waals surface area contributed by atoms with Gasteiger partial charge >= 0.3 is 5.97 Å². The van der Waals surface area contributed by atoms with Crippen LogP contribution in [0, 0.1) is 12.3 Å². The molecule has 7 heteroatoms. The predicted molar refractivity (Wildman–Crippen MR) is 139 cm³/mol. The number of pyridine rings is 2. The van der Waals surface area contributed by atoms with Gasteiger partial charge in [-0.2, -0.15) is 0 Å². The number of aliphatic carboxylic acids is 1. The van der Waals surface area contributed by atoms with E-state index >= 15 is 0 Å². The van der Waals surface area contributed by atoms with Gasteiger partial charge in [0.1, 0.15) is 5.75 Å². The summed E-state index contributed by atoms with van der Waals surface area (Å²) < 4.78 is 5.90. The Balaban J connectivity index is 1.57. The number of carboxylic acids is 1. The lowest BCUT2D eigenvalue weighted by Gasteiger charge is -2.40. The molecule has 0 atom stereocenters. The van der Waals surface area contributed by atoms with Gasteiger partial charge in [-0.25, -0.2) is 0 Å². The van der Waals surface area contributed by atoms with Gasteiger partial charge in [-0.15, -0.1) is 0 Å². The van der Waals surface area contributed by atoms with Crippen molar-refractivity contribution in [3.8, 4) is 17.0 Å². The van der Waals surface area contributed by atoms with Crippen molar-refractivity contribution in [1.29, 1.82) is 0 Å². The van der Waals surface area contributed by atoms with Crippen molar-refractivity contribution in [3.05, 3.63) is 70.6 Å². The molecule has 0 bridgehead atoms. The molecule has 0 aliphatic carbocycles. The number of carbonyl (C=O) groups is 1. The quantitative estimate of drug-likeness (QED) is 0.416. The molecule has 1 aliphatic heterocycles. The molecule has 0 spiro atoms. The number of aryl methyl sites for hydroxylation is 1. The van der Waals surface area contributed by atoms with Crippen molar-refractivity contribution in [2.24, 2.45) is 5.41 Å². The van der Waals surface area contributed by atoms with Crippen LogP contribution in [0.5, 0.6) is 5.75 Å². The van der Waals surface area contributed by atoms with Crippen molar-refractivity contribution >= 4 is 23.3 Å². The summed E-state index contributed by atoms with van der Waals surface area (Å²) >= 11 is 6.23. The van der Waals surface area contributed by atoms with E-state index in [0.29, 0.717) is 18.8 Å². The van der Waals surface area contributed by atoms with Crippen LogP contribution in [-0.4, -0.2) is 40.7 Å². The highest BCUT2D eigenvalue weighted by Crippen LogP contribution is 2.39. The molecule has 0 saturated carbocycles. The molecule has 0 amide bonds. The Hall–Kier alpha value is -3.12. The fourth-order valence-electron chi connectivity index (χ4n) is 4.49. The van der Waals surface area contributed by atoms with Crippen LogP contribution in [0.4, 0.5) is 5.69 Å². The van der Waals surface area contributed by atoms with Crippen LogP contribution in [0.3, 0.4) is 0 Å². The molecule has 1 fully saturated rings. The van der Waals surface area contributed by atoms with Gasteiger partial charge in [0.05, 0.1) is 30.6 Å². The number of carboxylic acid groups (broad SMARTS) is 1. The van der Waals surface area contributed by atoms with E-state index < -0.39 is 5.97 Å². The molecule has 1 aromatic carbocycles. The highest BCUT2D eigenvalue weighted by atomic mass is 35.5. The SMILES string of the molecule is Cc1ncc(-c2ccc(OCCc3ccccc3Cl)cn2)c(N2CCC(C)(C)CC2)c1CC(=O)O. The molecule has 0 unspecified atom stereocenters. The van der Waals surface area contributed by atoms with E-state index in [2.05, 4.69) is 28.7 Å². The second-order valence-corrected chi connectivity index (χ2v) is 10.3. The highest BCUT2D eigenvalue weighted by Gasteiger charge is 2.29. The van der Waals surface area contributed by atoms with Crippen LogP contribution in [0.1, 0.15) is 43.5 Å². The molecule has 184 valence electrons. The van der Waals surface area contributed by atoms with E-state index in [1.807, 2.05) is 49.5 Å². The van der Waals surface area contributed by atoms with Crippen molar-refractivity contribution < 1.29 is 14.6 Å². The van der Waals surface area contributed by atoms with Crippen LogP contribution in [0.2, 0.25) is 5.02 Å². The maximum atomic E-state index is 11.7. The minimum Gasteiger partial charge on any atom is -0.492 e. The molecule has 0 radical (unpaired) electrons. The number of piperidine rings is 1. The Morgan fingerprint density at radius 3 is 2.51 bits per heavy atom. The molecule has 3 heterocycles. The zero-order valence-electron chi connectivity index (χ0n) is 20.6. The first-order valence-electron chi connectivity index (χ1n) is 12.0. The second-order valence-electron chi connectivity index (χ2n) is 9.88. The summed E-state index contributed by atoms with van der Waals surface area (Å²) in [5.74, 6) is -0.186. The molecule has 35 heavy (non-hydrogen) atoms. The fourth-order valence-corrected chi connectivity index (χ4v) is 4.72. The zero-order valence-corrected chi connectivity index (χ0v) is 21.3. The van der Waals surface area contributed by atoms with Gasteiger partial charge in [0.25, 0.3) is 0 Å². The number of benzene rings is 1. The van der Waals surface area contributed by atoms with E-state index in [1.54, 1.807) is 6.20 Å². The van der Waals surface area contributed by atoms with Gasteiger partial charge in [-0.1, -0.05) is 43.6 Å². The van der Waals surface area contributed by atoms with E-state index in [4.69, 9.17) is 16.3 Å². The summed E-state index contributed by atoms with van der Waals surface area (Å²) in [4.78, 5) is 23.2. The average molecular weight is 494 g/mol. The van der Waals surface area contributed by atoms with Gasteiger partial charge < -0.3 is 14.7 Å². The fraction of sp³-hybridized carbons (Fsp3) is 0.393. The summed E-state index contributed by atoms with van der Waals surface area (Å²) in [6.45, 7) is 8.69. The Kier molecular flexibility index (Phi) is 7.60. The number of hydrogen-bond acceptors (Lipinski definition) is 5. The number of anilines is 1. The number of ether oxygens (including phenoxy) is 1. The topological polar surface area (TPSA) is 75.6 Å². The molecular weight excluding hydrogens is 462 g/mol. The maximum Gasteiger partial charge on any atom is 0.307 e. The highest BCUT2D eigenvalue weighted by molar-refractivity contribution is 6.31. The molecule has 6 nitrogen and oxygen atoms in total. The maximum absolute atomic E-state index is 11.7. The molecule has 3 aromatic rings. The van der Waals surface area contributed by atoms with E-state index in [1.165, 1.54) is 0 Å². The lowest BCUT2D eigenvalue weighted by Crippen LogP contribution is -2.38. The number of aromatic nitrogens is 2. The monoisotopic (exact) mass is 493 g/mol. The first-order chi connectivity index (χ1) is 16.7. The van der Waals surface area contributed by atoms with Crippen molar-refractivity contribution in [3.63, 3.8) is 0 Å².